The lowest BCUT2D eigenvalue weighted by molar-refractivity contribution is 0.322. The Morgan fingerprint density at radius 1 is 1.45 bits per heavy atom. The Kier molecular flexibility index (Phi) is 6.68. The van der Waals surface area contributed by atoms with Gasteiger partial charge in [0.15, 0.2) is 0 Å². The van der Waals surface area contributed by atoms with Crippen LogP contribution in [0.1, 0.15) is 6.92 Å². The topological polar surface area (TPSA) is 83.6 Å². The molecule has 0 aliphatic rings. The van der Waals surface area contributed by atoms with Gasteiger partial charge in [0.05, 0.1) is 12.4 Å². The van der Waals surface area contributed by atoms with Crippen molar-refractivity contribution in [3.8, 4) is 0 Å². The molecule has 0 aromatic heterocycles. The molecular formula is C5H16N2O3S. The van der Waals surface area contributed by atoms with E-state index in [1.54, 1.807) is 0 Å². The van der Waals surface area contributed by atoms with Gasteiger partial charge in [-0.15, -0.1) is 0 Å². The van der Waals surface area contributed by atoms with Crippen molar-refractivity contribution in [2.75, 3.05) is 20.4 Å². The minimum Gasteiger partial charge on any atom is -0.316 e. The molecule has 70 valence electrons. The zero-order valence-electron chi connectivity index (χ0n) is 7.27. The monoisotopic (exact) mass is 184 g/mol. The molecule has 0 saturated carbocycles. The lowest BCUT2D eigenvalue weighted by Crippen LogP contribution is -2.32. The molecule has 0 aromatic carbocycles. The molecule has 0 bridgehead atoms. The molecule has 0 rings (SSSR count). The van der Waals surface area contributed by atoms with Crippen LogP contribution in [0.4, 0.5) is 0 Å². The SMILES string of the molecule is CC(N)N(C)C.CS(=O)(=O)O. The van der Waals surface area contributed by atoms with Gasteiger partial charge in [-0.1, -0.05) is 0 Å². The summed E-state index contributed by atoms with van der Waals surface area (Å²) < 4.78 is 25.9. The number of hydrogen-bond acceptors (Lipinski definition) is 4. The molecule has 0 aromatic rings. The molecule has 0 amide bonds. The van der Waals surface area contributed by atoms with Crippen LogP contribution in [-0.4, -0.2) is 44.4 Å². The van der Waals surface area contributed by atoms with E-state index < -0.39 is 10.1 Å². The molecule has 3 N–H and O–H groups in total. The maximum atomic E-state index is 9.19. The van der Waals surface area contributed by atoms with Crippen molar-refractivity contribution >= 4 is 10.1 Å². The first-order chi connectivity index (χ1) is 4.64. The van der Waals surface area contributed by atoms with Crippen LogP contribution >= 0.6 is 0 Å². The molecule has 0 fully saturated rings. The van der Waals surface area contributed by atoms with Crippen molar-refractivity contribution in [1.29, 1.82) is 0 Å². The number of hydrogen-bond donors (Lipinski definition) is 2. The Morgan fingerprint density at radius 2 is 1.55 bits per heavy atom. The first-order valence-electron chi connectivity index (χ1n) is 2.99. The highest BCUT2D eigenvalue weighted by Gasteiger charge is 1.90. The normalized spacial score (nSPS) is 13.7. The van der Waals surface area contributed by atoms with E-state index in [2.05, 4.69) is 0 Å². The smallest absolute Gasteiger partial charge is 0.261 e. The van der Waals surface area contributed by atoms with Gasteiger partial charge in [-0.05, 0) is 21.0 Å². The van der Waals surface area contributed by atoms with Crippen LogP contribution in [0, 0.1) is 0 Å². The van der Waals surface area contributed by atoms with Crippen LogP contribution in [0.3, 0.4) is 0 Å². The molecule has 0 heterocycles. The third kappa shape index (κ3) is 41.1. The summed E-state index contributed by atoms with van der Waals surface area (Å²) in [4.78, 5) is 1.94. The van der Waals surface area contributed by atoms with E-state index in [4.69, 9.17) is 10.3 Å². The van der Waals surface area contributed by atoms with E-state index in [1.165, 1.54) is 0 Å². The summed E-state index contributed by atoms with van der Waals surface area (Å²) >= 11 is 0. The highest BCUT2D eigenvalue weighted by atomic mass is 32.2. The van der Waals surface area contributed by atoms with Crippen LogP contribution < -0.4 is 5.73 Å². The molecule has 1 atom stereocenters. The van der Waals surface area contributed by atoms with Crippen molar-refractivity contribution in [1.82, 2.24) is 4.90 Å². The molecule has 5 nitrogen and oxygen atoms in total. The number of nitrogens with two attached hydrogens (primary N) is 1. The molecule has 0 spiro atoms. The van der Waals surface area contributed by atoms with Crippen molar-refractivity contribution in [3.05, 3.63) is 0 Å². The number of nitrogens with zero attached hydrogens (tertiary/aromatic N) is 1. The predicted molar refractivity (Wildman–Crippen MR) is 44.8 cm³/mol. The largest absolute Gasteiger partial charge is 0.316 e. The standard InChI is InChI=1S/C4H12N2.CH4O3S/c1-4(5)6(2)3;1-5(2,3)4/h4H,5H2,1-3H3;1H3,(H,2,3,4). The van der Waals surface area contributed by atoms with Gasteiger partial charge < -0.3 is 5.73 Å². The highest BCUT2D eigenvalue weighted by molar-refractivity contribution is 7.85. The molecule has 0 aliphatic heterocycles. The third-order valence-corrected chi connectivity index (χ3v) is 0.815. The highest BCUT2D eigenvalue weighted by Crippen LogP contribution is 1.75. The summed E-state index contributed by atoms with van der Waals surface area (Å²) in [6.07, 6.45) is 0.900. The van der Waals surface area contributed by atoms with E-state index in [0.717, 1.165) is 0 Å². The summed E-state index contributed by atoms with van der Waals surface area (Å²) in [6.45, 7) is 1.94. The Bertz CT molecular complexity index is 160. The Balaban J connectivity index is 0. The van der Waals surface area contributed by atoms with Crippen LogP contribution in [-0.2, 0) is 10.1 Å². The van der Waals surface area contributed by atoms with Gasteiger partial charge in [0.2, 0.25) is 0 Å². The first-order valence-corrected chi connectivity index (χ1v) is 4.84. The summed E-state index contributed by atoms with van der Waals surface area (Å²) in [5.41, 5.74) is 5.36. The Labute approximate surface area is 67.9 Å². The van der Waals surface area contributed by atoms with Gasteiger partial charge in [0, 0.05) is 0 Å². The van der Waals surface area contributed by atoms with Gasteiger partial charge in [-0.2, -0.15) is 8.42 Å². The average molecular weight is 184 g/mol. The van der Waals surface area contributed by atoms with E-state index in [9.17, 15) is 8.42 Å². The zero-order chi connectivity index (χ0) is 9.65. The maximum Gasteiger partial charge on any atom is 0.261 e. The predicted octanol–water partition coefficient (Wildman–Crippen LogP) is -0.643. The van der Waals surface area contributed by atoms with Crippen molar-refractivity contribution in [2.45, 2.75) is 13.1 Å². The zero-order valence-corrected chi connectivity index (χ0v) is 8.09. The van der Waals surface area contributed by atoms with Crippen LogP contribution in [0.2, 0.25) is 0 Å². The average Bonchev–Trinajstić information content (AvgIpc) is 1.59. The molecule has 6 heteroatoms. The third-order valence-electron chi connectivity index (χ3n) is 0.815. The van der Waals surface area contributed by atoms with E-state index in [-0.39, 0.29) is 6.17 Å². The molecule has 1 unspecified atom stereocenters. The lowest BCUT2D eigenvalue weighted by atomic mass is 10.6. The fraction of sp³-hybridized carbons (Fsp3) is 1.00. The van der Waals surface area contributed by atoms with Gasteiger partial charge in [0.1, 0.15) is 0 Å². The van der Waals surface area contributed by atoms with Gasteiger partial charge in [0.25, 0.3) is 10.1 Å². The second-order valence-electron chi connectivity index (χ2n) is 2.44. The molecule has 0 aliphatic carbocycles. The molecule has 0 saturated heterocycles. The number of rotatable bonds is 1. The van der Waals surface area contributed by atoms with Gasteiger partial charge in [-0.25, -0.2) is 0 Å². The summed E-state index contributed by atoms with van der Waals surface area (Å²) in [5, 5.41) is 0. The van der Waals surface area contributed by atoms with Gasteiger partial charge in [-0.3, -0.25) is 9.45 Å². The maximum absolute atomic E-state index is 9.19. The van der Waals surface area contributed by atoms with Crippen molar-refractivity contribution in [3.63, 3.8) is 0 Å². The summed E-state index contributed by atoms with van der Waals surface area (Å²) in [7, 11) is 0.231. The summed E-state index contributed by atoms with van der Waals surface area (Å²) in [5.74, 6) is 0. The van der Waals surface area contributed by atoms with Crippen molar-refractivity contribution in [2.24, 2.45) is 5.73 Å². The van der Waals surface area contributed by atoms with E-state index in [1.807, 2.05) is 25.9 Å². The summed E-state index contributed by atoms with van der Waals surface area (Å²) in [6, 6.07) is 0. The fourth-order valence-corrected chi connectivity index (χ4v) is 0. The quantitative estimate of drug-likeness (QED) is 0.418. The van der Waals surface area contributed by atoms with E-state index in [0.29, 0.717) is 6.26 Å². The Hall–Kier alpha value is -0.170. The molecule has 0 radical (unpaired) electrons. The minimum absolute atomic E-state index is 0.185. The fourth-order valence-electron chi connectivity index (χ4n) is 0. The van der Waals surface area contributed by atoms with E-state index >= 15 is 0 Å². The lowest BCUT2D eigenvalue weighted by Gasteiger charge is -2.12. The first kappa shape index (κ1) is 13.4. The van der Waals surface area contributed by atoms with Crippen molar-refractivity contribution < 1.29 is 13.0 Å². The Morgan fingerprint density at radius 3 is 1.55 bits per heavy atom. The second kappa shape index (κ2) is 5.48. The second-order valence-corrected chi connectivity index (χ2v) is 3.90. The molecule has 11 heavy (non-hydrogen) atoms. The minimum atomic E-state index is -3.67. The van der Waals surface area contributed by atoms with Gasteiger partial charge >= 0.3 is 0 Å². The van der Waals surface area contributed by atoms with Crippen LogP contribution in [0.15, 0.2) is 0 Å². The van der Waals surface area contributed by atoms with Crippen LogP contribution in [0.5, 0.6) is 0 Å². The van der Waals surface area contributed by atoms with Crippen LogP contribution in [0.25, 0.3) is 0 Å². The molecular weight excluding hydrogens is 168 g/mol.